The normalized spacial score (nSPS) is 8.33. The topological polar surface area (TPSA) is 3.24 Å². The molecule has 0 aliphatic rings. The average Bonchev–Trinajstić information content (AvgIpc) is 2.02. The maximum Gasteiger partial charge on any atom is 0.0606 e. The van der Waals surface area contributed by atoms with Crippen LogP contribution in [-0.2, 0) is 0 Å². The fraction of sp³-hybridized carbons (Fsp3) is 0.636. The van der Waals surface area contributed by atoms with Crippen LogP contribution >= 0.6 is 0 Å². The third-order valence-electron chi connectivity index (χ3n) is 1.29. The molecule has 0 fully saturated rings. The SMILES string of the molecule is CCCCC#CC#CCN(C)C. The lowest BCUT2D eigenvalue weighted by molar-refractivity contribution is 0.464. The minimum Gasteiger partial charge on any atom is -0.298 e. The Hall–Kier alpha value is -0.920. The molecule has 0 aromatic heterocycles. The van der Waals surface area contributed by atoms with Gasteiger partial charge in [0.25, 0.3) is 0 Å². The molecule has 0 N–H and O–H groups in total. The van der Waals surface area contributed by atoms with E-state index in [0.29, 0.717) is 0 Å². The van der Waals surface area contributed by atoms with Crippen molar-refractivity contribution >= 4 is 0 Å². The molecule has 1 nitrogen and oxygen atoms in total. The van der Waals surface area contributed by atoms with E-state index in [4.69, 9.17) is 0 Å². The van der Waals surface area contributed by atoms with Gasteiger partial charge in [0.2, 0.25) is 0 Å². The molecule has 0 spiro atoms. The second kappa shape index (κ2) is 8.18. The highest BCUT2D eigenvalue weighted by Crippen LogP contribution is 1.89. The van der Waals surface area contributed by atoms with Gasteiger partial charge in [0, 0.05) is 6.42 Å². The van der Waals surface area contributed by atoms with Gasteiger partial charge < -0.3 is 0 Å². The summed E-state index contributed by atoms with van der Waals surface area (Å²) in [5.41, 5.74) is 0. The summed E-state index contributed by atoms with van der Waals surface area (Å²) in [6, 6.07) is 0. The molecular weight excluding hydrogens is 146 g/mol. The summed E-state index contributed by atoms with van der Waals surface area (Å²) >= 11 is 0. The molecule has 66 valence electrons. The van der Waals surface area contributed by atoms with Gasteiger partial charge in [0.1, 0.15) is 0 Å². The molecule has 0 aliphatic carbocycles. The van der Waals surface area contributed by atoms with Gasteiger partial charge in [-0.05, 0) is 32.4 Å². The van der Waals surface area contributed by atoms with Crippen LogP contribution in [0.25, 0.3) is 0 Å². The van der Waals surface area contributed by atoms with E-state index in [0.717, 1.165) is 13.0 Å². The number of nitrogens with zero attached hydrogens (tertiary/aromatic N) is 1. The zero-order valence-electron chi connectivity index (χ0n) is 8.28. The molecule has 0 aromatic carbocycles. The van der Waals surface area contributed by atoms with Crippen molar-refractivity contribution in [1.29, 1.82) is 0 Å². The van der Waals surface area contributed by atoms with Crippen LogP contribution in [-0.4, -0.2) is 25.5 Å². The van der Waals surface area contributed by atoms with Crippen LogP contribution in [0.3, 0.4) is 0 Å². The van der Waals surface area contributed by atoms with Crippen molar-refractivity contribution in [2.75, 3.05) is 20.6 Å². The maximum atomic E-state index is 3.02. The molecule has 0 saturated heterocycles. The van der Waals surface area contributed by atoms with Crippen molar-refractivity contribution in [1.82, 2.24) is 4.90 Å². The molecule has 0 atom stereocenters. The summed E-state index contributed by atoms with van der Waals surface area (Å²) in [4.78, 5) is 2.03. The average molecular weight is 163 g/mol. The van der Waals surface area contributed by atoms with E-state index in [9.17, 15) is 0 Å². The van der Waals surface area contributed by atoms with Gasteiger partial charge in [-0.3, -0.25) is 4.90 Å². The first-order valence-corrected chi connectivity index (χ1v) is 4.37. The summed E-state index contributed by atoms with van der Waals surface area (Å²) in [5, 5.41) is 0. The van der Waals surface area contributed by atoms with Gasteiger partial charge in [-0.15, -0.1) is 0 Å². The van der Waals surface area contributed by atoms with E-state index < -0.39 is 0 Å². The van der Waals surface area contributed by atoms with Gasteiger partial charge in [0.05, 0.1) is 6.54 Å². The van der Waals surface area contributed by atoms with Gasteiger partial charge in [-0.25, -0.2) is 0 Å². The van der Waals surface area contributed by atoms with Crippen molar-refractivity contribution < 1.29 is 0 Å². The van der Waals surface area contributed by atoms with Crippen LogP contribution in [0.2, 0.25) is 0 Å². The molecule has 0 aliphatic heterocycles. The summed E-state index contributed by atoms with van der Waals surface area (Å²) in [7, 11) is 4.00. The van der Waals surface area contributed by atoms with Crippen LogP contribution in [0.15, 0.2) is 0 Å². The lowest BCUT2D eigenvalue weighted by Gasteiger charge is -1.99. The van der Waals surface area contributed by atoms with Crippen molar-refractivity contribution in [2.45, 2.75) is 26.2 Å². The van der Waals surface area contributed by atoms with E-state index in [1.165, 1.54) is 12.8 Å². The fourth-order valence-corrected chi connectivity index (χ4v) is 0.614. The smallest absolute Gasteiger partial charge is 0.0606 e. The monoisotopic (exact) mass is 163 g/mol. The van der Waals surface area contributed by atoms with E-state index in [2.05, 4.69) is 30.6 Å². The van der Waals surface area contributed by atoms with E-state index >= 15 is 0 Å². The minimum atomic E-state index is 0.794. The van der Waals surface area contributed by atoms with E-state index in [1.807, 2.05) is 19.0 Å². The molecule has 0 rings (SSSR count). The Labute approximate surface area is 76.1 Å². The Morgan fingerprint density at radius 3 is 2.33 bits per heavy atom. The third kappa shape index (κ3) is 9.08. The molecule has 0 aromatic rings. The quantitative estimate of drug-likeness (QED) is 0.452. The second-order valence-corrected chi connectivity index (χ2v) is 2.94. The first-order valence-electron chi connectivity index (χ1n) is 4.37. The molecule has 0 heterocycles. The van der Waals surface area contributed by atoms with Crippen LogP contribution < -0.4 is 0 Å². The van der Waals surface area contributed by atoms with Gasteiger partial charge in [-0.1, -0.05) is 25.2 Å². The molecule has 0 saturated carbocycles. The second-order valence-electron chi connectivity index (χ2n) is 2.94. The summed E-state index contributed by atoms with van der Waals surface area (Å²) in [6.07, 6.45) is 3.37. The predicted octanol–water partition coefficient (Wildman–Crippen LogP) is 1.75. The summed E-state index contributed by atoms with van der Waals surface area (Å²) in [5.74, 6) is 11.6. The lowest BCUT2D eigenvalue weighted by Crippen LogP contribution is -2.10. The number of hydrogen-bond donors (Lipinski definition) is 0. The fourth-order valence-electron chi connectivity index (χ4n) is 0.614. The summed E-state index contributed by atoms with van der Waals surface area (Å²) < 4.78 is 0. The zero-order valence-corrected chi connectivity index (χ0v) is 8.28. The number of hydrogen-bond acceptors (Lipinski definition) is 1. The van der Waals surface area contributed by atoms with Crippen LogP contribution in [0.1, 0.15) is 26.2 Å². The first-order chi connectivity index (χ1) is 5.77. The Balaban J connectivity index is 3.45. The molecule has 1 heteroatoms. The maximum absolute atomic E-state index is 3.02. The molecule has 0 amide bonds. The van der Waals surface area contributed by atoms with Crippen LogP contribution in [0.4, 0.5) is 0 Å². The Morgan fingerprint density at radius 1 is 1.08 bits per heavy atom. The highest BCUT2D eigenvalue weighted by Gasteiger charge is 1.78. The molecule has 0 radical (unpaired) electrons. The lowest BCUT2D eigenvalue weighted by atomic mass is 10.2. The van der Waals surface area contributed by atoms with Crippen LogP contribution in [0, 0.1) is 23.7 Å². The standard InChI is InChI=1S/C11H17N/c1-4-5-6-7-8-9-10-11-12(2)3/h4-6,11H2,1-3H3. The molecule has 0 unspecified atom stereocenters. The highest BCUT2D eigenvalue weighted by atomic mass is 15.0. The Bertz CT molecular complexity index is 207. The van der Waals surface area contributed by atoms with Crippen LogP contribution in [0.5, 0.6) is 0 Å². The first kappa shape index (κ1) is 11.1. The van der Waals surface area contributed by atoms with E-state index in [1.54, 1.807) is 0 Å². The minimum absolute atomic E-state index is 0.794. The van der Waals surface area contributed by atoms with Gasteiger partial charge in [0.15, 0.2) is 0 Å². The van der Waals surface area contributed by atoms with E-state index in [-0.39, 0.29) is 0 Å². The predicted molar refractivity (Wildman–Crippen MR) is 53.6 cm³/mol. The molecule has 12 heavy (non-hydrogen) atoms. The Morgan fingerprint density at radius 2 is 1.75 bits per heavy atom. The molecule has 0 bridgehead atoms. The molecular formula is C11H17N. The van der Waals surface area contributed by atoms with Gasteiger partial charge in [-0.2, -0.15) is 0 Å². The van der Waals surface area contributed by atoms with Crippen molar-refractivity contribution in [3.63, 3.8) is 0 Å². The largest absolute Gasteiger partial charge is 0.298 e. The van der Waals surface area contributed by atoms with Crippen molar-refractivity contribution in [3.8, 4) is 23.7 Å². The highest BCUT2D eigenvalue weighted by molar-refractivity contribution is 5.26. The van der Waals surface area contributed by atoms with Crippen molar-refractivity contribution in [2.24, 2.45) is 0 Å². The number of rotatable bonds is 3. The number of unbranched alkanes of at least 4 members (excludes halogenated alkanes) is 2. The van der Waals surface area contributed by atoms with Gasteiger partial charge >= 0.3 is 0 Å². The van der Waals surface area contributed by atoms with Crippen molar-refractivity contribution in [3.05, 3.63) is 0 Å². The third-order valence-corrected chi connectivity index (χ3v) is 1.29. The zero-order chi connectivity index (χ0) is 9.23. The summed E-state index contributed by atoms with van der Waals surface area (Å²) in [6.45, 7) is 2.96. The Kier molecular flexibility index (Phi) is 7.55.